The van der Waals surface area contributed by atoms with Crippen molar-refractivity contribution in [2.75, 3.05) is 51.6 Å². The number of methoxy groups -OCH3 is 3. The Hall–Kier alpha value is -3.47. The second-order valence-corrected chi connectivity index (χ2v) is 9.38. The molecule has 0 spiro atoms. The van der Waals surface area contributed by atoms with Gasteiger partial charge in [-0.25, -0.2) is 14.6 Å². The molecular weight excluding hydrogens is 480 g/mol. The number of nitrogens with zero attached hydrogens (tertiary/aromatic N) is 5. The van der Waals surface area contributed by atoms with Crippen LogP contribution in [0.2, 0.25) is 0 Å². The van der Waals surface area contributed by atoms with Crippen LogP contribution in [0.4, 0.5) is 5.82 Å². The summed E-state index contributed by atoms with van der Waals surface area (Å²) in [7, 11) is 4.66. The van der Waals surface area contributed by atoms with Crippen molar-refractivity contribution in [1.29, 1.82) is 0 Å². The molecule has 1 fully saturated rings. The highest BCUT2D eigenvalue weighted by molar-refractivity contribution is 7.99. The number of carbonyl (C=O) groups is 1. The second-order valence-electron chi connectivity index (χ2n) is 8.14. The zero-order valence-corrected chi connectivity index (χ0v) is 21.9. The third kappa shape index (κ3) is 5.67. The lowest BCUT2D eigenvalue weighted by Crippen LogP contribution is -2.26. The average Bonchev–Trinajstić information content (AvgIpc) is 3.57. The van der Waals surface area contributed by atoms with Crippen LogP contribution >= 0.6 is 11.8 Å². The number of benzene rings is 1. The lowest BCUT2D eigenvalue weighted by molar-refractivity contribution is -0.116. The van der Waals surface area contributed by atoms with Crippen LogP contribution in [0.3, 0.4) is 0 Å². The number of hydrogen-bond donors (Lipinski definition) is 1. The van der Waals surface area contributed by atoms with E-state index in [1.54, 1.807) is 51.3 Å². The smallest absolute Gasteiger partial charge is 0.244 e. The number of carbonyl (C=O) groups excluding carboxylic acids is 1. The molecule has 10 nitrogen and oxygen atoms in total. The van der Waals surface area contributed by atoms with Gasteiger partial charge < -0.3 is 24.4 Å². The highest BCUT2D eigenvalue weighted by atomic mass is 32.2. The van der Waals surface area contributed by atoms with Gasteiger partial charge in [0.25, 0.3) is 0 Å². The average molecular weight is 513 g/mol. The molecular formula is C25H32N6O4S. The number of fused-ring (bicyclic) bond motifs is 1. The molecule has 11 heteroatoms. The molecule has 1 aliphatic rings. The molecule has 192 valence electrons. The molecule has 4 rings (SSSR count). The first-order valence-corrected chi connectivity index (χ1v) is 12.9. The molecule has 1 saturated heterocycles. The monoisotopic (exact) mass is 512 g/mol. The van der Waals surface area contributed by atoms with E-state index in [1.165, 1.54) is 18.9 Å². The van der Waals surface area contributed by atoms with E-state index in [0.717, 1.165) is 46.4 Å². The zero-order chi connectivity index (χ0) is 25.5. The van der Waals surface area contributed by atoms with Gasteiger partial charge >= 0.3 is 0 Å². The van der Waals surface area contributed by atoms with Gasteiger partial charge in [0, 0.05) is 25.7 Å². The predicted octanol–water partition coefficient (Wildman–Crippen LogP) is 3.39. The quantitative estimate of drug-likeness (QED) is 0.235. The number of amides is 1. The first-order chi connectivity index (χ1) is 17.6. The lowest BCUT2D eigenvalue weighted by Gasteiger charge is -2.17. The van der Waals surface area contributed by atoms with Gasteiger partial charge in [0.1, 0.15) is 5.82 Å². The molecule has 1 aliphatic heterocycles. The zero-order valence-electron chi connectivity index (χ0n) is 21.1. The summed E-state index contributed by atoms with van der Waals surface area (Å²) in [5.41, 5.74) is 1.55. The minimum atomic E-state index is -0.213. The largest absolute Gasteiger partial charge is 0.493 e. The van der Waals surface area contributed by atoms with E-state index in [0.29, 0.717) is 30.3 Å². The van der Waals surface area contributed by atoms with Crippen molar-refractivity contribution >= 4 is 40.6 Å². The first-order valence-electron chi connectivity index (χ1n) is 11.9. The van der Waals surface area contributed by atoms with Gasteiger partial charge in [0.05, 0.1) is 39.5 Å². The van der Waals surface area contributed by atoms with E-state index in [1.807, 2.05) is 10.9 Å². The summed E-state index contributed by atoms with van der Waals surface area (Å²) in [5, 5.41) is 9.16. The highest BCUT2D eigenvalue weighted by Gasteiger charge is 2.20. The van der Waals surface area contributed by atoms with Gasteiger partial charge in [-0.1, -0.05) is 18.7 Å². The third-order valence-electron chi connectivity index (χ3n) is 5.87. The number of anilines is 1. The van der Waals surface area contributed by atoms with Crippen LogP contribution in [0.5, 0.6) is 17.2 Å². The number of rotatable bonds is 11. The van der Waals surface area contributed by atoms with Crippen LogP contribution < -0.4 is 24.4 Å². The van der Waals surface area contributed by atoms with E-state index in [9.17, 15) is 4.79 Å². The molecule has 1 N–H and O–H groups in total. The topological polar surface area (TPSA) is 104 Å². The fourth-order valence-corrected chi connectivity index (χ4v) is 4.72. The van der Waals surface area contributed by atoms with E-state index >= 15 is 0 Å². The van der Waals surface area contributed by atoms with Crippen molar-refractivity contribution in [1.82, 2.24) is 25.1 Å². The molecule has 36 heavy (non-hydrogen) atoms. The lowest BCUT2D eigenvalue weighted by atomic mass is 10.1. The number of nitrogens with one attached hydrogen (secondary N) is 1. The molecule has 0 radical (unpaired) electrons. The first kappa shape index (κ1) is 25.6. The molecule has 0 unspecified atom stereocenters. The van der Waals surface area contributed by atoms with Gasteiger partial charge in [0.15, 0.2) is 22.3 Å². The number of ether oxygens (including phenoxy) is 3. The van der Waals surface area contributed by atoms with E-state index in [4.69, 9.17) is 24.2 Å². The Morgan fingerprint density at radius 2 is 1.83 bits per heavy atom. The van der Waals surface area contributed by atoms with Gasteiger partial charge in [-0.15, -0.1) is 0 Å². The van der Waals surface area contributed by atoms with Crippen molar-refractivity contribution in [3.8, 4) is 17.2 Å². The molecule has 0 aliphatic carbocycles. The molecule has 1 aromatic carbocycles. The molecule has 0 atom stereocenters. The molecule has 2 aromatic heterocycles. The normalized spacial score (nSPS) is 13.5. The van der Waals surface area contributed by atoms with E-state index in [2.05, 4.69) is 22.2 Å². The Bertz CT molecular complexity index is 1210. The molecule has 0 saturated carbocycles. The molecule has 0 bridgehead atoms. The maximum absolute atomic E-state index is 12.5. The Morgan fingerprint density at radius 3 is 2.47 bits per heavy atom. The fourth-order valence-electron chi connectivity index (χ4n) is 4.16. The van der Waals surface area contributed by atoms with Crippen molar-refractivity contribution in [3.63, 3.8) is 0 Å². The van der Waals surface area contributed by atoms with Gasteiger partial charge in [0.2, 0.25) is 11.7 Å². The maximum Gasteiger partial charge on any atom is 0.244 e. The number of hydrogen-bond acceptors (Lipinski definition) is 9. The van der Waals surface area contributed by atoms with Crippen molar-refractivity contribution < 1.29 is 19.0 Å². The van der Waals surface area contributed by atoms with Crippen LogP contribution in [-0.4, -0.2) is 72.4 Å². The predicted molar refractivity (Wildman–Crippen MR) is 141 cm³/mol. The third-order valence-corrected chi connectivity index (χ3v) is 6.60. The minimum Gasteiger partial charge on any atom is -0.493 e. The fraction of sp³-hybridized carbons (Fsp3) is 0.440. The maximum atomic E-state index is 12.5. The minimum absolute atomic E-state index is 0.213. The Balaban J connectivity index is 1.43. The molecule has 3 heterocycles. The van der Waals surface area contributed by atoms with Crippen LogP contribution in [0.15, 0.2) is 29.6 Å². The summed E-state index contributed by atoms with van der Waals surface area (Å²) in [6.07, 6.45) is 7.35. The summed E-state index contributed by atoms with van der Waals surface area (Å²) in [4.78, 5) is 24.3. The van der Waals surface area contributed by atoms with E-state index < -0.39 is 0 Å². The van der Waals surface area contributed by atoms with Crippen molar-refractivity contribution in [3.05, 3.63) is 30.0 Å². The Morgan fingerprint density at radius 1 is 1.11 bits per heavy atom. The van der Waals surface area contributed by atoms with Crippen LogP contribution in [-0.2, 0) is 11.3 Å². The summed E-state index contributed by atoms with van der Waals surface area (Å²) < 4.78 is 17.9. The Labute approximate surface area is 215 Å². The summed E-state index contributed by atoms with van der Waals surface area (Å²) in [5.74, 6) is 3.20. The van der Waals surface area contributed by atoms with Crippen LogP contribution in [0.1, 0.15) is 25.3 Å². The van der Waals surface area contributed by atoms with Crippen molar-refractivity contribution in [2.24, 2.45) is 0 Å². The SMILES string of the molecule is CCSc1nc(N2CCCC2)c2cnn(CCNC(=O)C=Cc3cc(OC)c(OC)c(OC)c3)c2n1. The van der Waals surface area contributed by atoms with E-state index in [-0.39, 0.29) is 5.91 Å². The summed E-state index contributed by atoms with van der Waals surface area (Å²) in [6, 6.07) is 3.56. The van der Waals surface area contributed by atoms with Crippen LogP contribution in [0.25, 0.3) is 17.1 Å². The second kappa shape index (κ2) is 12.0. The number of aromatic nitrogens is 4. The molecule has 1 amide bonds. The number of thioether (sulfide) groups is 1. The standard InChI is InChI=1S/C25H32N6O4S/c1-5-36-25-28-23(30-11-6-7-12-30)18-16-27-31(24(18)29-25)13-10-26-21(32)9-8-17-14-19(33-2)22(35-4)20(15-17)34-3/h8-9,14-16H,5-7,10-13H2,1-4H3,(H,26,32). The van der Waals surface area contributed by atoms with Crippen molar-refractivity contribution in [2.45, 2.75) is 31.5 Å². The summed E-state index contributed by atoms with van der Waals surface area (Å²) in [6.45, 7) is 5.00. The van der Waals surface area contributed by atoms with Gasteiger partial charge in [-0.2, -0.15) is 5.10 Å². The Kier molecular flexibility index (Phi) is 8.52. The molecule has 3 aromatic rings. The van der Waals surface area contributed by atoms with Crippen LogP contribution in [0, 0.1) is 0 Å². The highest BCUT2D eigenvalue weighted by Crippen LogP contribution is 2.38. The van der Waals surface area contributed by atoms with Gasteiger partial charge in [-0.3, -0.25) is 4.79 Å². The summed E-state index contributed by atoms with van der Waals surface area (Å²) >= 11 is 1.62. The van der Waals surface area contributed by atoms with Gasteiger partial charge in [-0.05, 0) is 42.4 Å².